The maximum absolute atomic E-state index is 13.3. The van der Waals surface area contributed by atoms with Crippen LogP contribution in [0, 0.1) is 5.82 Å². The number of rotatable bonds is 8. The van der Waals surface area contributed by atoms with Crippen molar-refractivity contribution in [1.82, 2.24) is 9.80 Å². The highest BCUT2D eigenvalue weighted by Gasteiger charge is 2.35. The molecule has 1 aliphatic carbocycles. The van der Waals surface area contributed by atoms with E-state index in [2.05, 4.69) is 0 Å². The van der Waals surface area contributed by atoms with Gasteiger partial charge in [0, 0.05) is 28.0 Å². The fourth-order valence-electron chi connectivity index (χ4n) is 3.42. The molecule has 0 radical (unpaired) electrons. The lowest BCUT2D eigenvalue weighted by molar-refractivity contribution is -0.133. The highest BCUT2D eigenvalue weighted by molar-refractivity contribution is 7.09. The van der Waals surface area contributed by atoms with Crippen LogP contribution in [0.5, 0.6) is 0 Å². The van der Waals surface area contributed by atoms with Crippen LogP contribution in [-0.4, -0.2) is 34.2 Å². The van der Waals surface area contributed by atoms with Crippen LogP contribution in [0.15, 0.2) is 66.0 Å². The highest BCUT2D eigenvalue weighted by atomic mass is 35.5. The van der Waals surface area contributed by atoms with Crippen LogP contribution in [0.1, 0.15) is 33.6 Å². The van der Waals surface area contributed by atoms with Crippen LogP contribution >= 0.6 is 22.9 Å². The third-order valence-corrected chi connectivity index (χ3v) is 6.29. The molecule has 4 rings (SSSR count). The van der Waals surface area contributed by atoms with Crippen molar-refractivity contribution in [3.05, 3.63) is 92.9 Å². The van der Waals surface area contributed by atoms with E-state index in [1.165, 1.54) is 12.1 Å². The van der Waals surface area contributed by atoms with Gasteiger partial charge in [0.15, 0.2) is 0 Å². The van der Waals surface area contributed by atoms with Gasteiger partial charge in [-0.05, 0) is 60.2 Å². The predicted octanol–water partition coefficient (Wildman–Crippen LogP) is 5.37. The summed E-state index contributed by atoms with van der Waals surface area (Å²) < 4.78 is 13.3. The lowest BCUT2D eigenvalue weighted by Crippen LogP contribution is -2.43. The normalized spacial score (nSPS) is 13.1. The highest BCUT2D eigenvalue weighted by Crippen LogP contribution is 2.29. The van der Waals surface area contributed by atoms with Gasteiger partial charge in [0.2, 0.25) is 5.91 Å². The number of halogens is 2. The van der Waals surface area contributed by atoms with Crippen molar-refractivity contribution in [2.75, 3.05) is 6.54 Å². The minimum Gasteiger partial charge on any atom is -0.332 e. The molecular weight excluding hydrogens is 435 g/mol. The first-order chi connectivity index (χ1) is 15.0. The first kappa shape index (κ1) is 21.5. The van der Waals surface area contributed by atoms with E-state index < -0.39 is 0 Å². The average molecular weight is 457 g/mol. The van der Waals surface area contributed by atoms with Gasteiger partial charge in [0.25, 0.3) is 5.91 Å². The Morgan fingerprint density at radius 1 is 1.03 bits per heavy atom. The van der Waals surface area contributed by atoms with E-state index in [0.717, 1.165) is 23.3 Å². The molecule has 0 saturated heterocycles. The molecule has 1 heterocycles. The molecule has 4 nitrogen and oxygen atoms in total. The molecule has 1 fully saturated rings. The first-order valence-corrected chi connectivity index (χ1v) is 11.4. The van der Waals surface area contributed by atoms with Gasteiger partial charge in [-0.1, -0.05) is 35.9 Å². The second-order valence-electron chi connectivity index (χ2n) is 7.63. The van der Waals surface area contributed by atoms with E-state index in [1.807, 2.05) is 17.5 Å². The Morgan fingerprint density at radius 3 is 2.45 bits per heavy atom. The van der Waals surface area contributed by atoms with E-state index in [9.17, 15) is 14.0 Å². The summed E-state index contributed by atoms with van der Waals surface area (Å²) in [6.45, 7) is 0.793. The van der Waals surface area contributed by atoms with Crippen LogP contribution < -0.4 is 0 Å². The zero-order chi connectivity index (χ0) is 21.8. The minimum atomic E-state index is -0.313. The summed E-state index contributed by atoms with van der Waals surface area (Å²) in [6, 6.07) is 16.9. The fourth-order valence-corrected chi connectivity index (χ4v) is 4.33. The lowest BCUT2D eigenvalue weighted by atomic mass is 10.2. The Labute approximate surface area is 189 Å². The number of hydrogen-bond acceptors (Lipinski definition) is 3. The molecule has 1 saturated carbocycles. The molecule has 2 aromatic carbocycles. The van der Waals surface area contributed by atoms with Crippen LogP contribution in [0.2, 0.25) is 5.02 Å². The number of carbonyl (C=O) groups excluding carboxylic acids is 2. The van der Waals surface area contributed by atoms with Gasteiger partial charge in [0.05, 0.1) is 6.54 Å². The second kappa shape index (κ2) is 9.62. The van der Waals surface area contributed by atoms with Gasteiger partial charge >= 0.3 is 0 Å². The van der Waals surface area contributed by atoms with Crippen molar-refractivity contribution in [2.45, 2.75) is 32.0 Å². The summed E-state index contributed by atoms with van der Waals surface area (Å²) >= 11 is 7.63. The second-order valence-corrected chi connectivity index (χ2v) is 9.10. The molecule has 0 aliphatic heterocycles. The summed E-state index contributed by atoms with van der Waals surface area (Å²) in [5.74, 6) is -0.636. The van der Waals surface area contributed by atoms with Crippen LogP contribution in [-0.2, 0) is 17.9 Å². The molecule has 0 atom stereocenters. The number of thiophene rings is 1. The molecule has 3 aromatic rings. The van der Waals surface area contributed by atoms with Crippen LogP contribution in [0.4, 0.5) is 4.39 Å². The molecule has 0 unspecified atom stereocenters. The van der Waals surface area contributed by atoms with Crippen molar-refractivity contribution in [3.63, 3.8) is 0 Å². The first-order valence-electron chi connectivity index (χ1n) is 10.1. The van der Waals surface area contributed by atoms with Gasteiger partial charge in [-0.15, -0.1) is 11.3 Å². The summed E-state index contributed by atoms with van der Waals surface area (Å²) in [6.07, 6.45) is 1.78. The molecule has 1 aromatic heterocycles. The molecular formula is C24H22ClFN2O2S. The molecule has 7 heteroatoms. The van der Waals surface area contributed by atoms with E-state index in [0.29, 0.717) is 23.7 Å². The molecule has 2 amide bonds. The van der Waals surface area contributed by atoms with Crippen molar-refractivity contribution in [1.29, 1.82) is 0 Å². The lowest BCUT2D eigenvalue weighted by Gasteiger charge is -2.28. The van der Waals surface area contributed by atoms with Gasteiger partial charge in [-0.25, -0.2) is 4.39 Å². The quantitative estimate of drug-likeness (QED) is 0.457. The number of carbonyl (C=O) groups is 2. The molecule has 0 N–H and O–H groups in total. The van der Waals surface area contributed by atoms with E-state index >= 15 is 0 Å². The Hall–Kier alpha value is -2.70. The van der Waals surface area contributed by atoms with Gasteiger partial charge < -0.3 is 9.80 Å². The zero-order valence-electron chi connectivity index (χ0n) is 16.8. The summed E-state index contributed by atoms with van der Waals surface area (Å²) in [4.78, 5) is 30.9. The average Bonchev–Trinajstić information content (AvgIpc) is 3.48. The SMILES string of the molecule is O=C(CN(C(=O)c1cccc(Cl)c1)C1CC1)N(Cc1ccc(F)cc1)Cc1cccs1. The zero-order valence-corrected chi connectivity index (χ0v) is 18.4. The summed E-state index contributed by atoms with van der Waals surface area (Å²) in [5.41, 5.74) is 1.32. The molecule has 1 aliphatic rings. The third kappa shape index (κ3) is 5.71. The molecule has 0 bridgehead atoms. The van der Waals surface area contributed by atoms with Gasteiger partial charge in [-0.2, -0.15) is 0 Å². The van der Waals surface area contributed by atoms with Crippen LogP contribution in [0.25, 0.3) is 0 Å². The fraction of sp³-hybridized carbons (Fsp3) is 0.250. The number of benzene rings is 2. The Kier molecular flexibility index (Phi) is 6.68. The van der Waals surface area contributed by atoms with E-state index in [-0.39, 0.29) is 30.2 Å². The standard InChI is InChI=1S/C24H22ClFN2O2S/c25-19-4-1-3-18(13-19)24(30)28(21-10-11-21)16-23(29)27(15-22-5-2-12-31-22)14-17-6-8-20(26)9-7-17/h1-9,12-13,21H,10-11,14-16H2. The monoisotopic (exact) mass is 456 g/mol. The minimum absolute atomic E-state index is 0.00256. The Bertz CT molecular complexity index is 1050. The molecule has 31 heavy (non-hydrogen) atoms. The number of hydrogen-bond donors (Lipinski definition) is 0. The predicted molar refractivity (Wildman–Crippen MR) is 120 cm³/mol. The van der Waals surface area contributed by atoms with Crippen molar-refractivity contribution >= 4 is 34.8 Å². The molecule has 160 valence electrons. The maximum atomic E-state index is 13.3. The summed E-state index contributed by atoms with van der Waals surface area (Å²) in [5, 5.41) is 2.46. The Morgan fingerprint density at radius 2 is 1.81 bits per heavy atom. The molecule has 0 spiro atoms. The van der Waals surface area contributed by atoms with Crippen molar-refractivity contribution < 1.29 is 14.0 Å². The summed E-state index contributed by atoms with van der Waals surface area (Å²) in [7, 11) is 0. The third-order valence-electron chi connectivity index (χ3n) is 5.19. The van der Waals surface area contributed by atoms with Crippen molar-refractivity contribution in [2.24, 2.45) is 0 Å². The Balaban J connectivity index is 1.53. The topological polar surface area (TPSA) is 40.6 Å². The number of nitrogens with zero attached hydrogens (tertiary/aromatic N) is 2. The largest absolute Gasteiger partial charge is 0.332 e. The smallest absolute Gasteiger partial charge is 0.254 e. The van der Waals surface area contributed by atoms with Crippen molar-refractivity contribution in [3.8, 4) is 0 Å². The van der Waals surface area contributed by atoms with E-state index in [1.54, 1.807) is 57.5 Å². The number of amides is 2. The van der Waals surface area contributed by atoms with Gasteiger partial charge in [-0.3, -0.25) is 9.59 Å². The van der Waals surface area contributed by atoms with Gasteiger partial charge in [0.1, 0.15) is 12.4 Å². The maximum Gasteiger partial charge on any atom is 0.254 e. The van der Waals surface area contributed by atoms with E-state index in [4.69, 9.17) is 11.6 Å². The van der Waals surface area contributed by atoms with Crippen LogP contribution in [0.3, 0.4) is 0 Å².